The van der Waals surface area contributed by atoms with Crippen LogP contribution in [0.1, 0.15) is 27.2 Å². The molecular formula is C25H23N7O3. The molecule has 3 heterocycles. The second-order valence-electron chi connectivity index (χ2n) is 8.17. The lowest BCUT2D eigenvalue weighted by Crippen LogP contribution is -2.19. The van der Waals surface area contributed by atoms with Crippen LogP contribution in [0.5, 0.6) is 5.75 Å². The summed E-state index contributed by atoms with van der Waals surface area (Å²) in [4.78, 5) is 33.2. The first-order chi connectivity index (χ1) is 16.9. The maximum atomic E-state index is 12.9. The molecule has 1 amide bonds. The van der Waals surface area contributed by atoms with Gasteiger partial charge in [-0.15, -0.1) is 0 Å². The van der Waals surface area contributed by atoms with Gasteiger partial charge < -0.3 is 10.1 Å². The van der Waals surface area contributed by atoms with Crippen molar-refractivity contribution in [1.29, 1.82) is 0 Å². The number of carbonyl (C=O) groups is 1. The maximum Gasteiger partial charge on any atom is 0.263 e. The van der Waals surface area contributed by atoms with Crippen molar-refractivity contribution in [3.63, 3.8) is 0 Å². The molecule has 2 aromatic carbocycles. The number of nitrogens with zero attached hydrogens (tertiary/aromatic N) is 5. The smallest absolute Gasteiger partial charge is 0.263 e. The number of aryl methyl sites for hydroxylation is 2. The van der Waals surface area contributed by atoms with Crippen LogP contribution in [0, 0.1) is 20.8 Å². The van der Waals surface area contributed by atoms with Gasteiger partial charge in [0.05, 0.1) is 24.7 Å². The number of rotatable bonds is 5. The van der Waals surface area contributed by atoms with Crippen LogP contribution in [-0.4, -0.2) is 42.5 Å². The molecule has 0 aliphatic heterocycles. The van der Waals surface area contributed by atoms with Crippen LogP contribution in [0.25, 0.3) is 22.7 Å². The number of anilines is 1. The van der Waals surface area contributed by atoms with Gasteiger partial charge in [-0.1, -0.05) is 18.2 Å². The van der Waals surface area contributed by atoms with Crippen LogP contribution < -0.4 is 15.6 Å². The standard InChI is InChI=1S/C25H23N7O3/c1-14-7-5-10-20(16(14)3)31-22-19(13-26-31)24(34)29-25(28-22)32-21(11-15(2)30-32)27-23(33)17-8-6-9-18(12-17)35-4/h5-13H,1-4H3,(H,27,33)(H,28,29,34). The van der Waals surface area contributed by atoms with Crippen LogP contribution in [0.3, 0.4) is 0 Å². The molecule has 5 aromatic rings. The summed E-state index contributed by atoms with van der Waals surface area (Å²) in [7, 11) is 1.54. The molecule has 0 saturated carbocycles. The average molecular weight is 470 g/mol. The quantitative estimate of drug-likeness (QED) is 0.407. The monoisotopic (exact) mass is 469 g/mol. The second-order valence-corrected chi connectivity index (χ2v) is 8.17. The fraction of sp³-hybridized carbons (Fsp3) is 0.160. The Morgan fingerprint density at radius 2 is 1.86 bits per heavy atom. The number of aromatic nitrogens is 6. The molecular weight excluding hydrogens is 446 g/mol. The van der Waals surface area contributed by atoms with E-state index >= 15 is 0 Å². The molecule has 35 heavy (non-hydrogen) atoms. The highest BCUT2D eigenvalue weighted by atomic mass is 16.5. The van der Waals surface area contributed by atoms with Crippen molar-refractivity contribution in [3.05, 3.63) is 87.5 Å². The first kappa shape index (κ1) is 22.1. The number of H-pyrrole nitrogens is 1. The van der Waals surface area contributed by atoms with Crippen molar-refractivity contribution in [2.24, 2.45) is 0 Å². The number of methoxy groups -OCH3 is 1. The summed E-state index contributed by atoms with van der Waals surface area (Å²) in [5.74, 6) is 0.728. The van der Waals surface area contributed by atoms with E-state index < -0.39 is 0 Å². The van der Waals surface area contributed by atoms with Crippen LogP contribution >= 0.6 is 0 Å². The molecule has 3 aromatic heterocycles. The summed E-state index contributed by atoms with van der Waals surface area (Å²) >= 11 is 0. The lowest BCUT2D eigenvalue weighted by molar-refractivity contribution is 0.102. The van der Waals surface area contributed by atoms with Crippen LogP contribution in [0.2, 0.25) is 0 Å². The van der Waals surface area contributed by atoms with E-state index in [4.69, 9.17) is 4.74 Å². The van der Waals surface area contributed by atoms with E-state index in [-0.39, 0.29) is 17.4 Å². The fourth-order valence-corrected chi connectivity index (χ4v) is 3.85. The zero-order valence-corrected chi connectivity index (χ0v) is 19.7. The molecule has 0 unspecified atom stereocenters. The lowest BCUT2D eigenvalue weighted by Gasteiger charge is -2.11. The summed E-state index contributed by atoms with van der Waals surface area (Å²) < 4.78 is 8.24. The Bertz CT molecular complexity index is 1640. The van der Waals surface area contributed by atoms with Gasteiger partial charge in [0.2, 0.25) is 5.95 Å². The summed E-state index contributed by atoms with van der Waals surface area (Å²) in [6, 6.07) is 14.4. The minimum atomic E-state index is -0.361. The van der Waals surface area contributed by atoms with Crippen molar-refractivity contribution in [3.8, 4) is 17.4 Å². The van der Waals surface area contributed by atoms with Crippen molar-refractivity contribution in [2.45, 2.75) is 20.8 Å². The SMILES string of the molecule is COc1cccc(C(=O)Nc2cc(C)nn2-c2nc3c(cnn3-c3cccc(C)c3C)c(=O)[nH]2)c1. The largest absolute Gasteiger partial charge is 0.497 e. The number of hydrogen-bond acceptors (Lipinski definition) is 6. The van der Waals surface area contributed by atoms with Gasteiger partial charge in [-0.3, -0.25) is 14.6 Å². The highest BCUT2D eigenvalue weighted by Crippen LogP contribution is 2.22. The Labute approximate surface area is 200 Å². The Balaban J connectivity index is 1.59. The van der Waals surface area contributed by atoms with E-state index in [0.717, 1.165) is 16.8 Å². The molecule has 10 nitrogen and oxygen atoms in total. The van der Waals surface area contributed by atoms with Gasteiger partial charge in [0.25, 0.3) is 11.5 Å². The van der Waals surface area contributed by atoms with Crippen molar-refractivity contribution in [2.75, 3.05) is 12.4 Å². The first-order valence-electron chi connectivity index (χ1n) is 10.9. The minimum absolute atomic E-state index is 0.156. The topological polar surface area (TPSA) is 120 Å². The molecule has 10 heteroatoms. The van der Waals surface area contributed by atoms with Crippen molar-refractivity contribution in [1.82, 2.24) is 29.5 Å². The Kier molecular flexibility index (Phi) is 5.40. The third-order valence-electron chi connectivity index (χ3n) is 5.84. The van der Waals surface area contributed by atoms with E-state index in [9.17, 15) is 9.59 Å². The van der Waals surface area contributed by atoms with E-state index in [0.29, 0.717) is 33.9 Å². The van der Waals surface area contributed by atoms with Gasteiger partial charge in [0, 0.05) is 11.6 Å². The minimum Gasteiger partial charge on any atom is -0.497 e. The van der Waals surface area contributed by atoms with Gasteiger partial charge in [-0.05, 0) is 56.2 Å². The van der Waals surface area contributed by atoms with E-state index in [1.54, 1.807) is 41.9 Å². The van der Waals surface area contributed by atoms with Crippen molar-refractivity contribution < 1.29 is 9.53 Å². The summed E-state index contributed by atoms with van der Waals surface area (Å²) in [5.41, 5.74) is 4.03. The third-order valence-corrected chi connectivity index (χ3v) is 5.84. The number of nitrogens with one attached hydrogen (secondary N) is 2. The summed E-state index contributed by atoms with van der Waals surface area (Å²) in [5, 5.41) is 12.1. The summed E-state index contributed by atoms with van der Waals surface area (Å²) in [6.07, 6.45) is 1.49. The number of hydrogen-bond donors (Lipinski definition) is 2. The van der Waals surface area contributed by atoms with Gasteiger partial charge in [0.15, 0.2) is 5.65 Å². The molecule has 0 spiro atoms. The molecule has 0 fully saturated rings. The van der Waals surface area contributed by atoms with Gasteiger partial charge in [-0.2, -0.15) is 19.9 Å². The zero-order chi connectivity index (χ0) is 24.7. The number of carbonyl (C=O) groups excluding carboxylic acids is 1. The number of aromatic amines is 1. The van der Waals surface area contributed by atoms with Crippen LogP contribution in [0.4, 0.5) is 5.82 Å². The van der Waals surface area contributed by atoms with Gasteiger partial charge in [-0.25, -0.2) is 4.68 Å². The maximum absolute atomic E-state index is 12.9. The Morgan fingerprint density at radius 3 is 2.66 bits per heavy atom. The number of ether oxygens (including phenoxy) is 1. The number of benzene rings is 2. The molecule has 0 atom stereocenters. The van der Waals surface area contributed by atoms with E-state index in [2.05, 4.69) is 25.5 Å². The predicted octanol–water partition coefficient (Wildman–Crippen LogP) is 3.48. The van der Waals surface area contributed by atoms with Crippen LogP contribution in [-0.2, 0) is 0 Å². The molecule has 0 aliphatic rings. The molecule has 0 radical (unpaired) electrons. The highest BCUT2D eigenvalue weighted by Gasteiger charge is 2.18. The molecule has 0 saturated heterocycles. The molecule has 5 rings (SSSR count). The van der Waals surface area contributed by atoms with Crippen molar-refractivity contribution >= 4 is 22.8 Å². The third kappa shape index (κ3) is 3.95. The molecule has 2 N–H and O–H groups in total. The second kappa shape index (κ2) is 8.56. The molecule has 176 valence electrons. The fourth-order valence-electron chi connectivity index (χ4n) is 3.85. The van der Waals surface area contributed by atoms with Gasteiger partial charge in [0.1, 0.15) is 17.0 Å². The van der Waals surface area contributed by atoms with E-state index in [1.165, 1.54) is 18.0 Å². The number of fused-ring (bicyclic) bond motifs is 1. The normalized spacial score (nSPS) is 11.1. The Hall–Kier alpha value is -4.73. The van der Waals surface area contributed by atoms with Crippen LogP contribution in [0.15, 0.2) is 59.5 Å². The average Bonchev–Trinajstić information content (AvgIpc) is 3.44. The van der Waals surface area contributed by atoms with Gasteiger partial charge >= 0.3 is 0 Å². The summed E-state index contributed by atoms with van der Waals surface area (Å²) in [6.45, 7) is 5.80. The molecule has 0 bridgehead atoms. The zero-order valence-electron chi connectivity index (χ0n) is 19.7. The lowest BCUT2D eigenvalue weighted by atomic mass is 10.1. The van der Waals surface area contributed by atoms with E-state index in [1.807, 2.05) is 32.0 Å². The predicted molar refractivity (Wildman–Crippen MR) is 132 cm³/mol. The number of amides is 1. The molecule has 0 aliphatic carbocycles. The first-order valence-corrected chi connectivity index (χ1v) is 10.9. The highest BCUT2D eigenvalue weighted by molar-refractivity contribution is 6.04. The Morgan fingerprint density at radius 1 is 1.06 bits per heavy atom.